The first-order valence-electron chi connectivity index (χ1n) is 8.20. The first kappa shape index (κ1) is 17.2. The molecule has 0 fully saturated rings. The second-order valence-corrected chi connectivity index (χ2v) is 5.71. The molecule has 0 aliphatic rings. The lowest BCUT2D eigenvalue weighted by atomic mass is 9.89. The second kappa shape index (κ2) is 9.93. The van der Waals surface area contributed by atoms with Gasteiger partial charge in [0.2, 0.25) is 0 Å². The Balaban J connectivity index is 2.69. The highest BCUT2D eigenvalue weighted by atomic mass is 19.1. The molecule has 0 amide bonds. The first-order valence-corrected chi connectivity index (χ1v) is 8.20. The van der Waals surface area contributed by atoms with Crippen molar-refractivity contribution in [3.05, 3.63) is 35.6 Å². The molecule has 0 aliphatic carbocycles. The van der Waals surface area contributed by atoms with Gasteiger partial charge in [-0.3, -0.25) is 0 Å². The van der Waals surface area contributed by atoms with E-state index in [9.17, 15) is 4.39 Å². The maximum Gasteiger partial charge on any atom is 0.123 e. The van der Waals surface area contributed by atoms with Gasteiger partial charge < -0.3 is 5.32 Å². The number of hydrogen-bond acceptors (Lipinski definition) is 1. The van der Waals surface area contributed by atoms with Gasteiger partial charge in [0.25, 0.3) is 0 Å². The van der Waals surface area contributed by atoms with Crippen LogP contribution in [0.1, 0.15) is 70.9 Å². The van der Waals surface area contributed by atoms with E-state index in [-0.39, 0.29) is 5.82 Å². The van der Waals surface area contributed by atoms with E-state index in [0.29, 0.717) is 6.04 Å². The summed E-state index contributed by atoms with van der Waals surface area (Å²) in [4.78, 5) is 0. The van der Waals surface area contributed by atoms with Gasteiger partial charge in [-0.05, 0) is 43.0 Å². The molecule has 2 unspecified atom stereocenters. The van der Waals surface area contributed by atoms with Gasteiger partial charge in [-0.15, -0.1) is 0 Å². The van der Waals surface area contributed by atoms with E-state index in [1.54, 1.807) is 12.1 Å². The van der Waals surface area contributed by atoms with Crippen molar-refractivity contribution in [3.63, 3.8) is 0 Å². The van der Waals surface area contributed by atoms with Crippen molar-refractivity contribution >= 4 is 0 Å². The molecular weight excluding hydrogens is 249 g/mol. The number of halogens is 1. The predicted molar refractivity (Wildman–Crippen MR) is 85.4 cm³/mol. The molecule has 0 aliphatic heterocycles. The molecule has 2 heteroatoms. The predicted octanol–water partition coefficient (Wildman–Crippen LogP) is 5.47. The third-order valence-corrected chi connectivity index (χ3v) is 4.03. The van der Waals surface area contributed by atoms with E-state index in [2.05, 4.69) is 26.1 Å². The van der Waals surface area contributed by atoms with Crippen LogP contribution >= 0.6 is 0 Å². The summed E-state index contributed by atoms with van der Waals surface area (Å²) in [7, 11) is 0. The molecule has 114 valence electrons. The van der Waals surface area contributed by atoms with Gasteiger partial charge in [0.05, 0.1) is 0 Å². The SMILES string of the molecule is CCCCC(CC)CC(NCCC)c1ccc(F)cc1. The van der Waals surface area contributed by atoms with E-state index in [0.717, 1.165) is 25.3 Å². The minimum atomic E-state index is -0.152. The summed E-state index contributed by atoms with van der Waals surface area (Å²) >= 11 is 0. The highest BCUT2D eigenvalue weighted by Crippen LogP contribution is 2.27. The topological polar surface area (TPSA) is 12.0 Å². The number of hydrogen-bond donors (Lipinski definition) is 1. The van der Waals surface area contributed by atoms with Gasteiger partial charge in [-0.2, -0.15) is 0 Å². The Kier molecular flexibility index (Phi) is 8.52. The van der Waals surface area contributed by atoms with Gasteiger partial charge in [-0.1, -0.05) is 58.6 Å². The summed E-state index contributed by atoms with van der Waals surface area (Å²) in [6.45, 7) is 7.73. The van der Waals surface area contributed by atoms with Crippen molar-refractivity contribution in [1.29, 1.82) is 0 Å². The summed E-state index contributed by atoms with van der Waals surface area (Å²) < 4.78 is 13.1. The van der Waals surface area contributed by atoms with Crippen molar-refractivity contribution < 1.29 is 4.39 Å². The molecule has 1 aromatic rings. The Bertz CT molecular complexity index is 347. The molecule has 1 rings (SSSR count). The van der Waals surface area contributed by atoms with Crippen molar-refractivity contribution in [2.75, 3.05) is 6.54 Å². The molecule has 1 aromatic carbocycles. The number of nitrogens with one attached hydrogen (secondary N) is 1. The maximum atomic E-state index is 13.1. The molecule has 1 nitrogen and oxygen atoms in total. The van der Waals surface area contributed by atoms with E-state index >= 15 is 0 Å². The fourth-order valence-electron chi connectivity index (χ4n) is 2.67. The van der Waals surface area contributed by atoms with Crippen LogP contribution in [0, 0.1) is 11.7 Å². The average molecular weight is 279 g/mol. The Morgan fingerprint density at radius 2 is 1.75 bits per heavy atom. The smallest absolute Gasteiger partial charge is 0.123 e. The van der Waals surface area contributed by atoms with Crippen LogP contribution in [0.15, 0.2) is 24.3 Å². The van der Waals surface area contributed by atoms with Crippen molar-refractivity contribution in [3.8, 4) is 0 Å². The Hall–Kier alpha value is -0.890. The number of benzene rings is 1. The van der Waals surface area contributed by atoms with Crippen molar-refractivity contribution in [2.24, 2.45) is 5.92 Å². The zero-order valence-electron chi connectivity index (χ0n) is 13.3. The van der Waals surface area contributed by atoms with Gasteiger partial charge in [-0.25, -0.2) is 4.39 Å². The van der Waals surface area contributed by atoms with Crippen LogP contribution in [0.25, 0.3) is 0 Å². The summed E-state index contributed by atoms with van der Waals surface area (Å²) in [5.74, 6) is 0.607. The van der Waals surface area contributed by atoms with Crippen LogP contribution in [0.5, 0.6) is 0 Å². The first-order chi connectivity index (χ1) is 9.71. The Labute approximate surface area is 124 Å². The van der Waals surface area contributed by atoms with Crippen LogP contribution in [-0.4, -0.2) is 6.54 Å². The molecular formula is C18H30FN. The Morgan fingerprint density at radius 1 is 1.05 bits per heavy atom. The van der Waals surface area contributed by atoms with Gasteiger partial charge in [0.1, 0.15) is 5.82 Å². The summed E-state index contributed by atoms with van der Waals surface area (Å²) in [5.41, 5.74) is 1.22. The normalized spacial score (nSPS) is 14.2. The summed E-state index contributed by atoms with van der Waals surface area (Å²) in [6.07, 6.45) is 7.39. The molecule has 0 heterocycles. The van der Waals surface area contributed by atoms with Crippen LogP contribution in [0.2, 0.25) is 0 Å². The molecule has 1 N–H and O–H groups in total. The molecule has 0 bridgehead atoms. The fraction of sp³-hybridized carbons (Fsp3) is 0.667. The number of rotatable bonds is 10. The monoisotopic (exact) mass is 279 g/mol. The lowest BCUT2D eigenvalue weighted by Gasteiger charge is -2.24. The van der Waals surface area contributed by atoms with Crippen LogP contribution < -0.4 is 5.32 Å². The van der Waals surface area contributed by atoms with E-state index in [1.807, 2.05) is 12.1 Å². The van der Waals surface area contributed by atoms with Crippen molar-refractivity contribution in [1.82, 2.24) is 5.32 Å². The van der Waals surface area contributed by atoms with Crippen molar-refractivity contribution in [2.45, 2.75) is 65.3 Å². The standard InChI is InChI=1S/C18H30FN/c1-4-7-8-15(6-3)14-18(20-13-5-2)16-9-11-17(19)12-10-16/h9-12,15,18,20H,4-8,13-14H2,1-3H3. The lowest BCUT2D eigenvalue weighted by Crippen LogP contribution is -2.24. The quantitative estimate of drug-likeness (QED) is 0.598. The highest BCUT2D eigenvalue weighted by molar-refractivity contribution is 5.20. The second-order valence-electron chi connectivity index (χ2n) is 5.71. The molecule has 0 saturated carbocycles. The zero-order chi connectivity index (χ0) is 14.8. The summed E-state index contributed by atoms with van der Waals surface area (Å²) in [6, 6.07) is 7.36. The fourth-order valence-corrected chi connectivity index (χ4v) is 2.67. The van der Waals surface area contributed by atoms with Gasteiger partial charge >= 0.3 is 0 Å². The Morgan fingerprint density at radius 3 is 2.30 bits per heavy atom. The molecule has 0 radical (unpaired) electrons. The van der Waals surface area contributed by atoms with Crippen LogP contribution in [-0.2, 0) is 0 Å². The molecule has 0 spiro atoms. The van der Waals surface area contributed by atoms with Crippen LogP contribution in [0.4, 0.5) is 4.39 Å². The molecule has 2 atom stereocenters. The summed E-state index contributed by atoms with van der Waals surface area (Å²) in [5, 5.41) is 3.62. The third kappa shape index (κ3) is 6.04. The van der Waals surface area contributed by atoms with Crippen LogP contribution in [0.3, 0.4) is 0 Å². The van der Waals surface area contributed by atoms with E-state index in [1.165, 1.54) is 31.2 Å². The molecule has 20 heavy (non-hydrogen) atoms. The minimum Gasteiger partial charge on any atom is -0.310 e. The zero-order valence-corrected chi connectivity index (χ0v) is 13.3. The minimum absolute atomic E-state index is 0.152. The largest absolute Gasteiger partial charge is 0.310 e. The third-order valence-electron chi connectivity index (χ3n) is 4.03. The molecule has 0 saturated heterocycles. The maximum absolute atomic E-state index is 13.1. The lowest BCUT2D eigenvalue weighted by molar-refractivity contribution is 0.353. The number of unbranched alkanes of at least 4 members (excludes halogenated alkanes) is 1. The van der Waals surface area contributed by atoms with Gasteiger partial charge in [0.15, 0.2) is 0 Å². The van der Waals surface area contributed by atoms with E-state index in [4.69, 9.17) is 0 Å². The average Bonchev–Trinajstić information content (AvgIpc) is 2.48. The molecule has 0 aromatic heterocycles. The highest BCUT2D eigenvalue weighted by Gasteiger charge is 2.16. The van der Waals surface area contributed by atoms with Gasteiger partial charge in [0, 0.05) is 6.04 Å². The van der Waals surface area contributed by atoms with E-state index < -0.39 is 0 Å².